The molecule has 0 atom stereocenters. The number of nitrogens with one attached hydrogen (secondary N) is 2. The number of aryl methyl sites for hydroxylation is 1. The first-order chi connectivity index (χ1) is 10.8. The second-order valence-corrected chi connectivity index (χ2v) is 7.63. The van der Waals surface area contributed by atoms with E-state index in [9.17, 15) is 9.59 Å². The highest BCUT2D eigenvalue weighted by Crippen LogP contribution is 2.39. The molecule has 3 rings (SSSR count). The lowest BCUT2D eigenvalue weighted by molar-refractivity contribution is 0.0951. The molecule has 124 valence electrons. The molecule has 2 heterocycles. The van der Waals surface area contributed by atoms with Crippen LogP contribution in [0.4, 0.5) is 0 Å². The van der Waals surface area contributed by atoms with Crippen molar-refractivity contribution in [1.29, 1.82) is 0 Å². The highest BCUT2D eigenvalue weighted by molar-refractivity contribution is 6.05. The second kappa shape index (κ2) is 5.51. The highest BCUT2D eigenvalue weighted by atomic mass is 16.2. The minimum Gasteiger partial charge on any atom is -0.352 e. The zero-order valence-corrected chi connectivity index (χ0v) is 14.2. The van der Waals surface area contributed by atoms with Crippen LogP contribution in [0.3, 0.4) is 0 Å². The molecular weight excluding hydrogens is 292 g/mol. The smallest absolute Gasteiger partial charge is 0.274 e. The summed E-state index contributed by atoms with van der Waals surface area (Å²) in [7, 11) is 1.74. The molecule has 0 bridgehead atoms. The summed E-state index contributed by atoms with van der Waals surface area (Å²) >= 11 is 0. The van der Waals surface area contributed by atoms with Gasteiger partial charge in [-0.05, 0) is 30.7 Å². The van der Waals surface area contributed by atoms with E-state index in [4.69, 9.17) is 0 Å². The average Bonchev–Trinajstić information content (AvgIpc) is 3.24. The number of hydrogen-bond donors (Lipinski definition) is 2. The Morgan fingerprint density at radius 3 is 2.74 bits per heavy atom. The Balaban J connectivity index is 1.95. The van der Waals surface area contributed by atoms with Gasteiger partial charge in [0.2, 0.25) is 0 Å². The minimum absolute atomic E-state index is 0.157. The zero-order valence-electron chi connectivity index (χ0n) is 14.2. The van der Waals surface area contributed by atoms with E-state index in [1.54, 1.807) is 17.8 Å². The molecule has 1 saturated carbocycles. The summed E-state index contributed by atoms with van der Waals surface area (Å²) in [6.45, 7) is 7.00. The van der Waals surface area contributed by atoms with Crippen molar-refractivity contribution in [2.75, 3.05) is 6.54 Å². The van der Waals surface area contributed by atoms with Crippen LogP contribution in [-0.2, 0) is 7.05 Å². The van der Waals surface area contributed by atoms with Crippen LogP contribution < -0.4 is 10.9 Å². The van der Waals surface area contributed by atoms with Crippen molar-refractivity contribution >= 4 is 16.9 Å². The Bertz CT molecular complexity index is 806. The number of amides is 1. The lowest BCUT2D eigenvalue weighted by Gasteiger charge is -2.18. The van der Waals surface area contributed by atoms with E-state index < -0.39 is 0 Å². The topological polar surface area (TPSA) is 79.8 Å². The SMILES string of the molecule is Cn1[nH]c(=O)c2c(C(=O)NCCC(C)(C)C)cc(C3CC3)nc21. The first kappa shape index (κ1) is 15.8. The van der Waals surface area contributed by atoms with Crippen molar-refractivity contribution in [3.63, 3.8) is 0 Å². The average molecular weight is 316 g/mol. The van der Waals surface area contributed by atoms with Gasteiger partial charge < -0.3 is 5.32 Å². The fourth-order valence-corrected chi connectivity index (χ4v) is 2.69. The maximum absolute atomic E-state index is 12.6. The number of hydrogen-bond acceptors (Lipinski definition) is 3. The molecule has 2 N–H and O–H groups in total. The molecule has 1 aliphatic rings. The third kappa shape index (κ3) is 3.30. The molecular formula is C17H24N4O2. The molecule has 2 aromatic rings. The fourth-order valence-electron chi connectivity index (χ4n) is 2.69. The molecule has 0 radical (unpaired) electrons. The number of rotatable bonds is 4. The number of carbonyl (C=O) groups excluding carboxylic acids is 1. The summed E-state index contributed by atoms with van der Waals surface area (Å²) in [5.74, 6) is 0.228. The Kier molecular flexibility index (Phi) is 3.78. The highest BCUT2D eigenvalue weighted by Gasteiger charge is 2.28. The number of aromatic amines is 1. The molecule has 0 aromatic carbocycles. The van der Waals surface area contributed by atoms with Gasteiger partial charge in [0, 0.05) is 25.2 Å². The molecule has 6 nitrogen and oxygen atoms in total. The molecule has 23 heavy (non-hydrogen) atoms. The summed E-state index contributed by atoms with van der Waals surface area (Å²) < 4.78 is 1.59. The Morgan fingerprint density at radius 2 is 2.13 bits per heavy atom. The lowest BCUT2D eigenvalue weighted by atomic mass is 9.92. The monoisotopic (exact) mass is 316 g/mol. The maximum atomic E-state index is 12.6. The Hall–Kier alpha value is -2.11. The van der Waals surface area contributed by atoms with Crippen LogP contribution in [0.15, 0.2) is 10.9 Å². The largest absolute Gasteiger partial charge is 0.352 e. The van der Waals surface area contributed by atoms with Gasteiger partial charge in [0.25, 0.3) is 11.5 Å². The van der Waals surface area contributed by atoms with Gasteiger partial charge in [-0.3, -0.25) is 19.4 Å². The van der Waals surface area contributed by atoms with Gasteiger partial charge in [-0.15, -0.1) is 0 Å². The van der Waals surface area contributed by atoms with E-state index in [0.29, 0.717) is 29.1 Å². The number of aromatic nitrogens is 3. The normalized spacial score (nSPS) is 15.1. The van der Waals surface area contributed by atoms with Crippen LogP contribution in [-0.4, -0.2) is 27.2 Å². The Morgan fingerprint density at radius 1 is 1.43 bits per heavy atom. The summed E-state index contributed by atoms with van der Waals surface area (Å²) in [6, 6.07) is 1.79. The fraction of sp³-hybridized carbons (Fsp3) is 0.588. The van der Waals surface area contributed by atoms with E-state index in [-0.39, 0.29) is 16.9 Å². The number of fused-ring (bicyclic) bond motifs is 1. The van der Waals surface area contributed by atoms with Gasteiger partial charge in [0.05, 0.1) is 10.9 Å². The summed E-state index contributed by atoms with van der Waals surface area (Å²) in [5.41, 5.74) is 1.80. The van der Waals surface area contributed by atoms with Crippen molar-refractivity contribution in [1.82, 2.24) is 20.1 Å². The van der Waals surface area contributed by atoms with Gasteiger partial charge in [-0.2, -0.15) is 0 Å². The van der Waals surface area contributed by atoms with Crippen LogP contribution in [0.5, 0.6) is 0 Å². The van der Waals surface area contributed by atoms with Gasteiger partial charge in [0.1, 0.15) is 0 Å². The third-order valence-electron chi connectivity index (χ3n) is 4.23. The van der Waals surface area contributed by atoms with Crippen molar-refractivity contribution in [3.05, 3.63) is 27.7 Å². The van der Waals surface area contributed by atoms with Gasteiger partial charge in [-0.1, -0.05) is 20.8 Å². The van der Waals surface area contributed by atoms with Crippen LogP contribution in [0, 0.1) is 5.41 Å². The molecule has 6 heteroatoms. The van der Waals surface area contributed by atoms with Crippen molar-refractivity contribution in [2.24, 2.45) is 12.5 Å². The molecule has 1 amide bonds. The predicted molar refractivity (Wildman–Crippen MR) is 89.7 cm³/mol. The molecule has 1 fully saturated rings. The van der Waals surface area contributed by atoms with Gasteiger partial charge >= 0.3 is 0 Å². The van der Waals surface area contributed by atoms with Crippen LogP contribution >= 0.6 is 0 Å². The first-order valence-electron chi connectivity index (χ1n) is 8.14. The van der Waals surface area contributed by atoms with Crippen LogP contribution in [0.25, 0.3) is 11.0 Å². The van der Waals surface area contributed by atoms with Crippen LogP contribution in [0.1, 0.15) is 62.0 Å². The molecule has 0 unspecified atom stereocenters. The molecule has 0 aliphatic heterocycles. The summed E-state index contributed by atoms with van der Waals surface area (Å²) in [6.07, 6.45) is 3.08. The van der Waals surface area contributed by atoms with Crippen molar-refractivity contribution in [3.8, 4) is 0 Å². The van der Waals surface area contributed by atoms with E-state index in [2.05, 4.69) is 36.2 Å². The van der Waals surface area contributed by atoms with Crippen LogP contribution in [0.2, 0.25) is 0 Å². The van der Waals surface area contributed by atoms with E-state index in [0.717, 1.165) is 25.0 Å². The van der Waals surface area contributed by atoms with Gasteiger partial charge in [0.15, 0.2) is 5.65 Å². The number of nitrogens with zero attached hydrogens (tertiary/aromatic N) is 2. The third-order valence-corrected chi connectivity index (χ3v) is 4.23. The predicted octanol–water partition coefficient (Wildman–Crippen LogP) is 2.30. The quantitative estimate of drug-likeness (QED) is 0.908. The van der Waals surface area contributed by atoms with E-state index >= 15 is 0 Å². The van der Waals surface area contributed by atoms with Crippen molar-refractivity contribution in [2.45, 2.75) is 46.0 Å². The number of carbonyl (C=O) groups is 1. The summed E-state index contributed by atoms with van der Waals surface area (Å²) in [5, 5.41) is 6.02. The molecule has 0 saturated heterocycles. The lowest BCUT2D eigenvalue weighted by Crippen LogP contribution is -2.28. The number of pyridine rings is 1. The molecule has 0 spiro atoms. The minimum atomic E-state index is -0.265. The molecule has 1 aliphatic carbocycles. The van der Waals surface area contributed by atoms with E-state index in [1.807, 2.05) is 0 Å². The zero-order chi connectivity index (χ0) is 16.8. The standard InChI is InChI=1S/C17H24N4O2/c1-17(2,3)7-8-18-15(22)11-9-12(10-5-6-10)19-14-13(11)16(23)20-21(14)4/h9-10H,5-8H2,1-4H3,(H,18,22)(H,20,23). The molecule has 2 aromatic heterocycles. The first-order valence-corrected chi connectivity index (χ1v) is 8.14. The second-order valence-electron chi connectivity index (χ2n) is 7.63. The Labute approximate surface area is 135 Å². The van der Waals surface area contributed by atoms with E-state index in [1.165, 1.54) is 0 Å². The maximum Gasteiger partial charge on any atom is 0.274 e. The van der Waals surface area contributed by atoms with Gasteiger partial charge in [-0.25, -0.2) is 4.98 Å². The number of H-pyrrole nitrogens is 1. The summed E-state index contributed by atoms with van der Waals surface area (Å²) in [4.78, 5) is 29.3. The van der Waals surface area contributed by atoms with Crippen molar-refractivity contribution < 1.29 is 4.79 Å².